The fourth-order valence-corrected chi connectivity index (χ4v) is 3.09. The number of aryl methyl sites for hydroxylation is 1. The average molecular weight is 343 g/mol. The third-order valence-electron chi connectivity index (χ3n) is 4.24. The van der Waals surface area contributed by atoms with Crippen molar-refractivity contribution in [2.75, 3.05) is 0 Å². The van der Waals surface area contributed by atoms with Gasteiger partial charge in [0, 0.05) is 23.4 Å². The molecule has 0 saturated carbocycles. The molecule has 0 fully saturated rings. The molecule has 4 aromatic rings. The third-order valence-corrected chi connectivity index (χ3v) is 4.24. The Morgan fingerprint density at radius 3 is 2.62 bits per heavy atom. The van der Waals surface area contributed by atoms with Crippen LogP contribution in [0, 0.1) is 6.92 Å². The van der Waals surface area contributed by atoms with Crippen molar-refractivity contribution in [3.8, 4) is 11.3 Å². The molecule has 128 valence electrons. The second kappa shape index (κ2) is 6.44. The Morgan fingerprint density at radius 1 is 1.04 bits per heavy atom. The largest absolute Gasteiger partial charge is 0.477 e. The predicted molar refractivity (Wildman–Crippen MR) is 99.4 cm³/mol. The van der Waals surface area contributed by atoms with E-state index >= 15 is 0 Å². The van der Waals surface area contributed by atoms with Crippen molar-refractivity contribution in [3.63, 3.8) is 0 Å². The number of carboxylic acid groups (broad SMARTS) is 1. The van der Waals surface area contributed by atoms with E-state index in [9.17, 15) is 4.79 Å². The van der Waals surface area contributed by atoms with Crippen LogP contribution in [-0.4, -0.2) is 25.7 Å². The van der Waals surface area contributed by atoms with Crippen LogP contribution in [0.25, 0.3) is 16.8 Å². The molecule has 0 spiro atoms. The summed E-state index contributed by atoms with van der Waals surface area (Å²) in [4.78, 5) is 15.4. The molecule has 0 unspecified atom stereocenters. The van der Waals surface area contributed by atoms with Gasteiger partial charge in [0.05, 0.1) is 11.2 Å². The maximum absolute atomic E-state index is 11.2. The van der Waals surface area contributed by atoms with Gasteiger partial charge >= 0.3 is 5.97 Å². The average Bonchev–Trinajstić information content (AvgIpc) is 3.07. The van der Waals surface area contributed by atoms with Crippen molar-refractivity contribution in [2.45, 2.75) is 13.3 Å². The second-order valence-electron chi connectivity index (χ2n) is 6.25. The maximum Gasteiger partial charge on any atom is 0.354 e. The van der Waals surface area contributed by atoms with Gasteiger partial charge in [-0.25, -0.2) is 14.3 Å². The van der Waals surface area contributed by atoms with Gasteiger partial charge in [-0.3, -0.25) is 0 Å². The quantitative estimate of drug-likeness (QED) is 0.608. The van der Waals surface area contributed by atoms with Crippen molar-refractivity contribution in [2.24, 2.45) is 0 Å². The minimum absolute atomic E-state index is 0.0526. The van der Waals surface area contributed by atoms with Gasteiger partial charge in [0.2, 0.25) is 0 Å². The van der Waals surface area contributed by atoms with Gasteiger partial charge in [-0.2, -0.15) is 5.10 Å². The Kier molecular flexibility index (Phi) is 3.97. The molecular weight excluding hydrogens is 326 g/mol. The molecule has 1 aromatic carbocycles. The summed E-state index contributed by atoms with van der Waals surface area (Å²) in [6.45, 7) is 2.04. The minimum Gasteiger partial charge on any atom is -0.477 e. The van der Waals surface area contributed by atoms with Gasteiger partial charge < -0.3 is 5.11 Å². The van der Waals surface area contributed by atoms with E-state index in [0.29, 0.717) is 12.1 Å². The molecule has 26 heavy (non-hydrogen) atoms. The number of carboxylic acids is 1. The van der Waals surface area contributed by atoms with Gasteiger partial charge in [-0.15, -0.1) is 0 Å². The van der Waals surface area contributed by atoms with E-state index in [2.05, 4.69) is 23.2 Å². The highest BCUT2D eigenvalue weighted by Gasteiger charge is 2.11. The summed E-state index contributed by atoms with van der Waals surface area (Å²) in [5.74, 6) is -1.02. The van der Waals surface area contributed by atoms with Gasteiger partial charge in [-0.05, 0) is 42.8 Å². The summed E-state index contributed by atoms with van der Waals surface area (Å²) in [5, 5.41) is 13.9. The molecule has 0 aliphatic carbocycles. The molecule has 0 aliphatic heterocycles. The van der Waals surface area contributed by atoms with Crippen LogP contribution in [-0.2, 0) is 6.42 Å². The first-order chi connectivity index (χ1) is 12.6. The minimum atomic E-state index is -1.02. The third kappa shape index (κ3) is 3.07. The van der Waals surface area contributed by atoms with E-state index < -0.39 is 5.97 Å². The normalized spacial score (nSPS) is 11.0. The van der Waals surface area contributed by atoms with Crippen molar-refractivity contribution >= 4 is 11.5 Å². The summed E-state index contributed by atoms with van der Waals surface area (Å²) < 4.78 is 1.91. The van der Waals surface area contributed by atoms with Crippen molar-refractivity contribution in [1.29, 1.82) is 0 Å². The molecular formula is C21H17N3O2. The number of carbonyl (C=O) groups is 1. The smallest absolute Gasteiger partial charge is 0.354 e. The molecule has 0 saturated heterocycles. The lowest BCUT2D eigenvalue weighted by atomic mass is 10.1. The summed E-state index contributed by atoms with van der Waals surface area (Å²) >= 11 is 0. The first kappa shape index (κ1) is 16.0. The molecule has 0 atom stereocenters. The van der Waals surface area contributed by atoms with E-state index in [-0.39, 0.29) is 5.69 Å². The van der Waals surface area contributed by atoms with Crippen LogP contribution in [0.4, 0.5) is 0 Å². The van der Waals surface area contributed by atoms with Crippen LogP contribution in [0.15, 0.2) is 66.7 Å². The fourth-order valence-electron chi connectivity index (χ4n) is 3.09. The van der Waals surface area contributed by atoms with E-state index in [1.54, 1.807) is 6.07 Å². The fraction of sp³-hybridized carbons (Fsp3) is 0.0952. The molecule has 5 nitrogen and oxygen atoms in total. The second-order valence-corrected chi connectivity index (χ2v) is 6.25. The summed E-state index contributed by atoms with van der Waals surface area (Å²) in [7, 11) is 0. The zero-order chi connectivity index (χ0) is 18.1. The van der Waals surface area contributed by atoms with Crippen LogP contribution in [0.1, 0.15) is 27.4 Å². The van der Waals surface area contributed by atoms with Gasteiger partial charge in [0.15, 0.2) is 0 Å². The standard InChI is InChI=1S/C21H17N3O2/c1-14-10-17(12-16-8-5-9-19(22-16)21(25)26)24-18(11-14)13-20(23-24)15-6-3-2-4-7-15/h2-11,13H,12H2,1H3,(H,25,26). The molecule has 5 heteroatoms. The first-order valence-corrected chi connectivity index (χ1v) is 8.34. The van der Waals surface area contributed by atoms with E-state index in [4.69, 9.17) is 10.2 Å². The molecule has 3 aromatic heterocycles. The Morgan fingerprint density at radius 2 is 1.85 bits per heavy atom. The lowest BCUT2D eigenvalue weighted by Crippen LogP contribution is -2.06. The van der Waals surface area contributed by atoms with Crippen LogP contribution in [0.3, 0.4) is 0 Å². The number of benzene rings is 1. The monoisotopic (exact) mass is 343 g/mol. The highest BCUT2D eigenvalue weighted by atomic mass is 16.4. The Balaban J connectivity index is 1.78. The first-order valence-electron chi connectivity index (χ1n) is 8.34. The summed E-state index contributed by atoms with van der Waals surface area (Å²) in [5.41, 5.74) is 5.83. The Hall–Kier alpha value is -3.47. The summed E-state index contributed by atoms with van der Waals surface area (Å²) in [6.07, 6.45) is 0.509. The highest BCUT2D eigenvalue weighted by molar-refractivity contribution is 5.85. The van der Waals surface area contributed by atoms with Gasteiger partial charge in [-0.1, -0.05) is 36.4 Å². The lowest BCUT2D eigenvalue weighted by molar-refractivity contribution is 0.0690. The number of hydrogen-bond donors (Lipinski definition) is 1. The molecule has 0 amide bonds. The maximum atomic E-state index is 11.2. The van der Waals surface area contributed by atoms with Crippen LogP contribution in [0.5, 0.6) is 0 Å². The molecule has 1 N–H and O–H groups in total. The number of rotatable bonds is 4. The van der Waals surface area contributed by atoms with E-state index in [1.807, 2.05) is 47.8 Å². The summed E-state index contributed by atoms with van der Waals surface area (Å²) in [6, 6.07) is 21.3. The van der Waals surface area contributed by atoms with Crippen molar-refractivity contribution < 1.29 is 9.90 Å². The number of hydrogen-bond acceptors (Lipinski definition) is 3. The van der Waals surface area contributed by atoms with Gasteiger partial charge in [0.1, 0.15) is 5.69 Å². The van der Waals surface area contributed by atoms with E-state index in [0.717, 1.165) is 28.0 Å². The van der Waals surface area contributed by atoms with Crippen molar-refractivity contribution in [1.82, 2.24) is 14.6 Å². The number of nitrogens with zero attached hydrogens (tertiary/aromatic N) is 3. The number of fused-ring (bicyclic) bond motifs is 1. The zero-order valence-corrected chi connectivity index (χ0v) is 14.3. The molecule has 0 bridgehead atoms. The number of pyridine rings is 2. The molecule has 3 heterocycles. The molecule has 0 aliphatic rings. The predicted octanol–water partition coefficient (Wildman–Crippen LogP) is 3.99. The van der Waals surface area contributed by atoms with Crippen molar-refractivity contribution in [3.05, 3.63) is 89.4 Å². The zero-order valence-electron chi connectivity index (χ0n) is 14.3. The molecule has 0 radical (unpaired) electrons. The van der Waals surface area contributed by atoms with E-state index in [1.165, 1.54) is 6.07 Å². The molecule has 4 rings (SSSR count). The lowest BCUT2D eigenvalue weighted by Gasteiger charge is -2.07. The number of aromatic carboxylic acids is 1. The SMILES string of the molecule is Cc1cc(Cc2cccc(C(=O)O)n2)n2nc(-c3ccccc3)cc2c1. The topological polar surface area (TPSA) is 67.5 Å². The van der Waals surface area contributed by atoms with Crippen LogP contribution >= 0.6 is 0 Å². The highest BCUT2D eigenvalue weighted by Crippen LogP contribution is 2.22. The van der Waals surface area contributed by atoms with Crippen LogP contribution in [0.2, 0.25) is 0 Å². The Labute approximate surface area is 150 Å². The van der Waals surface area contributed by atoms with Gasteiger partial charge in [0.25, 0.3) is 0 Å². The number of aromatic nitrogens is 3. The van der Waals surface area contributed by atoms with Crippen LogP contribution < -0.4 is 0 Å². The Bertz CT molecular complexity index is 1100.